The molecule has 7 heteroatoms. The van der Waals surface area contributed by atoms with Crippen molar-refractivity contribution in [1.82, 2.24) is 15.4 Å². The molecule has 0 atom stereocenters. The molecule has 1 amide bonds. The molecule has 0 aliphatic rings. The van der Waals surface area contributed by atoms with Crippen LogP contribution >= 0.6 is 0 Å². The zero-order valence-corrected chi connectivity index (χ0v) is 16.5. The molecule has 0 saturated carbocycles. The van der Waals surface area contributed by atoms with Gasteiger partial charge in [-0.05, 0) is 56.7 Å². The quantitative estimate of drug-likeness (QED) is 0.516. The van der Waals surface area contributed by atoms with Crippen molar-refractivity contribution in [3.63, 3.8) is 0 Å². The van der Waals surface area contributed by atoms with Crippen LogP contribution in [-0.2, 0) is 0 Å². The zero-order chi connectivity index (χ0) is 20.9. The number of nitrogens with one attached hydrogen (secondary N) is 2. The lowest BCUT2D eigenvalue weighted by Gasteiger charge is -2.21. The average molecular weight is 390 g/mol. The first-order valence-corrected chi connectivity index (χ1v) is 9.09. The summed E-state index contributed by atoms with van der Waals surface area (Å²) in [6.07, 6.45) is 1.51. The molecule has 29 heavy (non-hydrogen) atoms. The SMILES string of the molecule is CC(C)(C)Oc1ccc(/C=N/NC(=O)c2cc(-c3ccccc3)nc(=O)[nH]2)cc1. The maximum absolute atomic E-state index is 12.3. The van der Waals surface area contributed by atoms with Crippen LogP contribution in [0, 0.1) is 0 Å². The first-order chi connectivity index (χ1) is 13.8. The first-order valence-electron chi connectivity index (χ1n) is 9.09. The van der Waals surface area contributed by atoms with E-state index in [4.69, 9.17) is 4.74 Å². The van der Waals surface area contributed by atoms with E-state index in [0.717, 1.165) is 16.9 Å². The van der Waals surface area contributed by atoms with E-state index in [-0.39, 0.29) is 11.3 Å². The third kappa shape index (κ3) is 5.87. The van der Waals surface area contributed by atoms with Gasteiger partial charge in [0.15, 0.2) is 0 Å². The van der Waals surface area contributed by atoms with Crippen molar-refractivity contribution in [2.45, 2.75) is 26.4 Å². The van der Waals surface area contributed by atoms with Crippen LogP contribution in [0.3, 0.4) is 0 Å². The number of aromatic nitrogens is 2. The van der Waals surface area contributed by atoms with Crippen LogP contribution in [0.2, 0.25) is 0 Å². The number of rotatable bonds is 5. The number of hydrogen-bond donors (Lipinski definition) is 2. The van der Waals surface area contributed by atoms with Crippen molar-refractivity contribution in [2.75, 3.05) is 0 Å². The molecule has 2 N–H and O–H groups in total. The molecule has 0 bridgehead atoms. The minimum Gasteiger partial charge on any atom is -0.488 e. The van der Waals surface area contributed by atoms with Crippen LogP contribution in [0.5, 0.6) is 5.75 Å². The predicted octanol–water partition coefficient (Wildman–Crippen LogP) is 3.38. The lowest BCUT2D eigenvalue weighted by molar-refractivity contribution is 0.0949. The van der Waals surface area contributed by atoms with Crippen LogP contribution in [0.4, 0.5) is 0 Å². The molecule has 148 valence electrons. The summed E-state index contributed by atoms with van der Waals surface area (Å²) in [4.78, 5) is 30.5. The van der Waals surface area contributed by atoms with Gasteiger partial charge < -0.3 is 9.72 Å². The largest absolute Gasteiger partial charge is 0.488 e. The van der Waals surface area contributed by atoms with Crippen LogP contribution in [0.1, 0.15) is 36.8 Å². The second-order valence-corrected chi connectivity index (χ2v) is 7.33. The Bertz CT molecular complexity index is 1070. The topological polar surface area (TPSA) is 96.4 Å². The highest BCUT2D eigenvalue weighted by atomic mass is 16.5. The van der Waals surface area contributed by atoms with Gasteiger partial charge in [-0.3, -0.25) is 4.79 Å². The molecule has 0 aliphatic heterocycles. The van der Waals surface area contributed by atoms with Gasteiger partial charge in [0.25, 0.3) is 5.91 Å². The molecule has 2 aromatic carbocycles. The van der Waals surface area contributed by atoms with Crippen LogP contribution in [-0.4, -0.2) is 27.7 Å². The average Bonchev–Trinajstić information content (AvgIpc) is 2.68. The second kappa shape index (κ2) is 8.52. The van der Waals surface area contributed by atoms with Crippen LogP contribution in [0.15, 0.2) is 70.6 Å². The second-order valence-electron chi connectivity index (χ2n) is 7.33. The number of H-pyrrole nitrogens is 1. The fraction of sp³-hybridized carbons (Fsp3) is 0.182. The van der Waals surface area contributed by atoms with Gasteiger partial charge in [-0.15, -0.1) is 0 Å². The van der Waals surface area contributed by atoms with Gasteiger partial charge in [-0.2, -0.15) is 10.1 Å². The number of hydrogen-bond acceptors (Lipinski definition) is 5. The number of carbonyl (C=O) groups excluding carboxylic acids is 1. The Morgan fingerprint density at radius 1 is 1.10 bits per heavy atom. The summed E-state index contributed by atoms with van der Waals surface area (Å²) in [5.74, 6) is 0.215. The van der Waals surface area contributed by atoms with Crippen LogP contribution in [0.25, 0.3) is 11.3 Å². The number of hydrazone groups is 1. The summed E-state index contributed by atoms with van der Waals surface area (Å²) in [5.41, 5.74) is 3.56. The van der Waals surface area contributed by atoms with E-state index < -0.39 is 11.6 Å². The van der Waals surface area contributed by atoms with Crippen molar-refractivity contribution in [3.8, 4) is 17.0 Å². The fourth-order valence-corrected chi connectivity index (χ4v) is 2.54. The first kappa shape index (κ1) is 20.0. The van der Waals surface area contributed by atoms with E-state index >= 15 is 0 Å². The molecular weight excluding hydrogens is 368 g/mol. The Hall–Kier alpha value is -3.74. The van der Waals surface area contributed by atoms with Gasteiger partial charge >= 0.3 is 5.69 Å². The number of nitrogens with zero attached hydrogens (tertiary/aromatic N) is 2. The number of ether oxygens (including phenoxy) is 1. The Morgan fingerprint density at radius 2 is 1.79 bits per heavy atom. The summed E-state index contributed by atoms with van der Waals surface area (Å²) in [7, 11) is 0. The molecule has 0 spiro atoms. The summed E-state index contributed by atoms with van der Waals surface area (Å²) in [5, 5.41) is 3.95. The van der Waals surface area contributed by atoms with E-state index in [1.165, 1.54) is 12.3 Å². The van der Waals surface area contributed by atoms with E-state index in [2.05, 4.69) is 20.5 Å². The molecule has 3 aromatic rings. The van der Waals surface area contributed by atoms with E-state index in [0.29, 0.717) is 5.69 Å². The summed E-state index contributed by atoms with van der Waals surface area (Å²) in [6.45, 7) is 5.93. The lowest BCUT2D eigenvalue weighted by atomic mass is 10.1. The predicted molar refractivity (Wildman–Crippen MR) is 112 cm³/mol. The molecular formula is C22H22N4O3. The standard InChI is InChI=1S/C22H22N4O3/c1-22(2,3)29-17-11-9-15(10-12-17)14-23-26-20(27)19-13-18(24-21(28)25-19)16-7-5-4-6-8-16/h4-14H,1-3H3,(H,26,27)(H,24,25,28)/b23-14+. The van der Waals surface area contributed by atoms with Gasteiger partial charge in [-0.1, -0.05) is 30.3 Å². The molecule has 0 saturated heterocycles. The van der Waals surface area contributed by atoms with Gasteiger partial charge in [0.1, 0.15) is 17.0 Å². The molecule has 1 aromatic heterocycles. The number of aromatic amines is 1. The molecule has 0 unspecified atom stereocenters. The minimum absolute atomic E-state index is 0.0786. The van der Waals surface area contributed by atoms with Gasteiger partial charge in [0.2, 0.25) is 0 Å². The molecule has 1 heterocycles. The zero-order valence-electron chi connectivity index (χ0n) is 16.5. The normalized spacial score (nSPS) is 11.4. The highest BCUT2D eigenvalue weighted by Crippen LogP contribution is 2.18. The summed E-state index contributed by atoms with van der Waals surface area (Å²) < 4.78 is 5.76. The Kier molecular flexibility index (Phi) is 5.87. The minimum atomic E-state index is -0.602. The maximum atomic E-state index is 12.3. The maximum Gasteiger partial charge on any atom is 0.346 e. The molecule has 0 radical (unpaired) electrons. The number of carbonyl (C=O) groups is 1. The third-order valence-corrected chi connectivity index (χ3v) is 3.74. The Labute approximate surface area is 168 Å². The van der Waals surface area contributed by atoms with Crippen LogP contribution < -0.4 is 15.9 Å². The monoisotopic (exact) mass is 390 g/mol. The van der Waals surface area contributed by atoms with E-state index in [9.17, 15) is 9.59 Å². The number of amides is 1. The van der Waals surface area contributed by atoms with E-state index in [1.807, 2.05) is 75.4 Å². The van der Waals surface area contributed by atoms with Crippen molar-refractivity contribution >= 4 is 12.1 Å². The molecule has 0 fully saturated rings. The highest BCUT2D eigenvalue weighted by Gasteiger charge is 2.11. The number of benzene rings is 2. The van der Waals surface area contributed by atoms with Gasteiger partial charge in [-0.25, -0.2) is 10.2 Å². The van der Waals surface area contributed by atoms with Crippen molar-refractivity contribution in [2.24, 2.45) is 5.10 Å². The molecule has 3 rings (SSSR count). The van der Waals surface area contributed by atoms with Crippen molar-refractivity contribution in [1.29, 1.82) is 0 Å². The van der Waals surface area contributed by atoms with Gasteiger partial charge in [0, 0.05) is 5.56 Å². The highest BCUT2D eigenvalue weighted by molar-refractivity contribution is 5.93. The fourth-order valence-electron chi connectivity index (χ4n) is 2.54. The molecule has 7 nitrogen and oxygen atoms in total. The molecule has 0 aliphatic carbocycles. The lowest BCUT2D eigenvalue weighted by Crippen LogP contribution is -2.24. The van der Waals surface area contributed by atoms with E-state index in [1.54, 1.807) is 0 Å². The smallest absolute Gasteiger partial charge is 0.346 e. The Morgan fingerprint density at radius 3 is 2.45 bits per heavy atom. The summed E-state index contributed by atoms with van der Waals surface area (Å²) in [6, 6.07) is 18.0. The van der Waals surface area contributed by atoms with Gasteiger partial charge in [0.05, 0.1) is 11.9 Å². The van der Waals surface area contributed by atoms with Crippen molar-refractivity contribution in [3.05, 3.63) is 82.4 Å². The van der Waals surface area contributed by atoms with Crippen molar-refractivity contribution < 1.29 is 9.53 Å². The Balaban J connectivity index is 1.68. The third-order valence-electron chi connectivity index (χ3n) is 3.74. The summed E-state index contributed by atoms with van der Waals surface area (Å²) >= 11 is 0.